The number of carbonyl (C=O) groups excluding carboxylic acids is 1. The quantitative estimate of drug-likeness (QED) is 0.642. The van der Waals surface area contributed by atoms with Crippen molar-refractivity contribution < 1.29 is 4.79 Å². The number of amides is 1. The molecular formula is C18H25N3OS2. The van der Waals surface area contributed by atoms with Crippen LogP contribution in [0.4, 0.5) is 0 Å². The molecule has 0 spiro atoms. The lowest BCUT2D eigenvalue weighted by Crippen LogP contribution is -2.44. The maximum absolute atomic E-state index is 12.6. The minimum absolute atomic E-state index is 0.120. The smallest absolute Gasteiger partial charge is 0.233 e. The standard InChI is InChI=1S/C18H25N3OS2/c1-10-7-5-6-8-14(10)21-16(22)13(4)24-18-15-11(2)12(3)23-17(15)19-9-20-18/h9-10,13-14H,5-8H2,1-4H3,(H,21,22)/t10-,13-,14-/m0/s1. The van der Waals surface area contributed by atoms with Gasteiger partial charge < -0.3 is 5.32 Å². The summed E-state index contributed by atoms with van der Waals surface area (Å²) in [5.74, 6) is 0.697. The van der Waals surface area contributed by atoms with Crippen molar-refractivity contribution >= 4 is 39.2 Å². The zero-order valence-corrected chi connectivity index (χ0v) is 16.4. The summed E-state index contributed by atoms with van der Waals surface area (Å²) < 4.78 is 0. The van der Waals surface area contributed by atoms with Gasteiger partial charge in [-0.15, -0.1) is 11.3 Å². The first kappa shape index (κ1) is 17.7. The summed E-state index contributed by atoms with van der Waals surface area (Å²) in [7, 11) is 0. The number of aryl methyl sites for hydroxylation is 2. The topological polar surface area (TPSA) is 54.9 Å². The van der Waals surface area contributed by atoms with Crippen molar-refractivity contribution in [1.29, 1.82) is 0 Å². The highest BCUT2D eigenvalue weighted by Crippen LogP contribution is 2.36. The lowest BCUT2D eigenvalue weighted by molar-refractivity contribution is -0.121. The zero-order chi connectivity index (χ0) is 17.3. The van der Waals surface area contributed by atoms with Crippen LogP contribution in [0.5, 0.6) is 0 Å². The third-order valence-electron chi connectivity index (χ3n) is 5.03. The van der Waals surface area contributed by atoms with Gasteiger partial charge in [0.05, 0.1) is 5.25 Å². The summed E-state index contributed by atoms with van der Waals surface area (Å²) in [6, 6.07) is 0.324. The molecule has 1 N–H and O–H groups in total. The number of fused-ring (bicyclic) bond motifs is 1. The second kappa shape index (κ2) is 7.40. The molecular weight excluding hydrogens is 338 g/mol. The molecule has 130 valence electrons. The average molecular weight is 364 g/mol. The van der Waals surface area contributed by atoms with Gasteiger partial charge in [0.2, 0.25) is 5.91 Å². The first-order valence-electron chi connectivity index (χ1n) is 8.65. The molecule has 2 aromatic heterocycles. The Labute approximate surface area is 151 Å². The summed E-state index contributed by atoms with van der Waals surface area (Å²) in [5.41, 5.74) is 1.23. The predicted molar refractivity (Wildman–Crippen MR) is 102 cm³/mol. The van der Waals surface area contributed by atoms with E-state index in [1.54, 1.807) is 29.4 Å². The van der Waals surface area contributed by atoms with E-state index in [0.717, 1.165) is 21.7 Å². The van der Waals surface area contributed by atoms with Crippen molar-refractivity contribution in [2.24, 2.45) is 5.92 Å². The van der Waals surface area contributed by atoms with Crippen LogP contribution in [0.25, 0.3) is 10.2 Å². The second-order valence-electron chi connectivity index (χ2n) is 6.78. The minimum Gasteiger partial charge on any atom is -0.352 e. The molecule has 0 aliphatic heterocycles. The Morgan fingerprint density at radius 1 is 1.33 bits per heavy atom. The highest BCUT2D eigenvalue weighted by atomic mass is 32.2. The van der Waals surface area contributed by atoms with Gasteiger partial charge in [-0.1, -0.05) is 31.5 Å². The van der Waals surface area contributed by atoms with Gasteiger partial charge in [-0.3, -0.25) is 4.79 Å². The van der Waals surface area contributed by atoms with Crippen LogP contribution in [-0.2, 0) is 4.79 Å². The number of aromatic nitrogens is 2. The molecule has 1 fully saturated rings. The molecule has 2 aromatic rings. The molecule has 3 rings (SSSR count). The Balaban J connectivity index is 1.72. The van der Waals surface area contributed by atoms with Crippen LogP contribution in [-0.4, -0.2) is 27.2 Å². The van der Waals surface area contributed by atoms with Gasteiger partial charge in [-0.25, -0.2) is 9.97 Å². The van der Waals surface area contributed by atoms with E-state index in [9.17, 15) is 4.79 Å². The average Bonchev–Trinajstić information content (AvgIpc) is 2.85. The Hall–Kier alpha value is -1.14. The monoisotopic (exact) mass is 363 g/mol. The molecule has 0 aromatic carbocycles. The van der Waals surface area contributed by atoms with Crippen molar-refractivity contribution in [3.63, 3.8) is 0 Å². The fraction of sp³-hybridized carbons (Fsp3) is 0.611. The second-order valence-corrected chi connectivity index (χ2v) is 9.31. The van der Waals surface area contributed by atoms with Crippen LogP contribution < -0.4 is 5.32 Å². The molecule has 1 aliphatic rings. The predicted octanol–water partition coefficient (Wildman–Crippen LogP) is 4.48. The van der Waals surface area contributed by atoms with Crippen LogP contribution in [0.3, 0.4) is 0 Å². The molecule has 2 heterocycles. The van der Waals surface area contributed by atoms with E-state index in [-0.39, 0.29) is 11.2 Å². The molecule has 0 saturated heterocycles. The SMILES string of the molecule is Cc1sc2ncnc(S[C@@H](C)C(=O)N[C@H]3CCCC[C@@H]3C)c2c1C. The molecule has 1 saturated carbocycles. The Kier molecular flexibility index (Phi) is 5.45. The van der Waals surface area contributed by atoms with E-state index in [4.69, 9.17) is 0 Å². The molecule has 0 bridgehead atoms. The van der Waals surface area contributed by atoms with E-state index in [1.165, 1.54) is 29.7 Å². The normalized spacial score (nSPS) is 22.5. The number of hydrogen-bond donors (Lipinski definition) is 1. The Bertz CT molecular complexity index is 743. The minimum atomic E-state index is -0.156. The number of hydrogen-bond acceptors (Lipinski definition) is 5. The van der Waals surface area contributed by atoms with Crippen molar-refractivity contribution in [2.45, 2.75) is 69.7 Å². The number of nitrogens with zero attached hydrogens (tertiary/aromatic N) is 2. The van der Waals surface area contributed by atoms with Gasteiger partial charge in [-0.2, -0.15) is 0 Å². The third kappa shape index (κ3) is 3.59. The molecule has 6 heteroatoms. The van der Waals surface area contributed by atoms with Crippen LogP contribution in [0, 0.1) is 19.8 Å². The number of thioether (sulfide) groups is 1. The zero-order valence-electron chi connectivity index (χ0n) is 14.8. The molecule has 3 atom stereocenters. The van der Waals surface area contributed by atoms with E-state index in [1.807, 2.05) is 6.92 Å². The first-order chi connectivity index (χ1) is 11.5. The molecule has 1 amide bonds. The molecule has 1 aliphatic carbocycles. The maximum Gasteiger partial charge on any atom is 0.233 e. The number of carbonyl (C=O) groups is 1. The highest BCUT2D eigenvalue weighted by molar-refractivity contribution is 8.00. The third-order valence-corrected chi connectivity index (χ3v) is 7.24. The first-order valence-corrected chi connectivity index (χ1v) is 10.3. The van der Waals surface area contributed by atoms with Gasteiger partial charge in [-0.05, 0) is 45.1 Å². The summed E-state index contributed by atoms with van der Waals surface area (Å²) >= 11 is 3.23. The van der Waals surface area contributed by atoms with Crippen LogP contribution in [0.1, 0.15) is 50.0 Å². The van der Waals surface area contributed by atoms with E-state index >= 15 is 0 Å². The van der Waals surface area contributed by atoms with Crippen molar-refractivity contribution in [1.82, 2.24) is 15.3 Å². The number of thiophene rings is 1. The maximum atomic E-state index is 12.6. The summed E-state index contributed by atoms with van der Waals surface area (Å²) in [6.45, 7) is 8.43. The van der Waals surface area contributed by atoms with Crippen molar-refractivity contribution in [3.05, 3.63) is 16.8 Å². The molecule has 24 heavy (non-hydrogen) atoms. The lowest BCUT2D eigenvalue weighted by Gasteiger charge is -2.30. The van der Waals surface area contributed by atoms with Gasteiger partial charge in [0.1, 0.15) is 16.2 Å². The van der Waals surface area contributed by atoms with Gasteiger partial charge in [0.15, 0.2) is 0 Å². The van der Waals surface area contributed by atoms with E-state index in [0.29, 0.717) is 12.0 Å². The van der Waals surface area contributed by atoms with Gasteiger partial charge in [0.25, 0.3) is 0 Å². The fourth-order valence-electron chi connectivity index (χ4n) is 3.29. The number of nitrogens with one attached hydrogen (secondary N) is 1. The van der Waals surface area contributed by atoms with Crippen LogP contribution >= 0.6 is 23.1 Å². The largest absolute Gasteiger partial charge is 0.352 e. The number of rotatable bonds is 4. The summed E-state index contributed by atoms with van der Waals surface area (Å²) in [4.78, 5) is 23.7. The van der Waals surface area contributed by atoms with Crippen molar-refractivity contribution in [2.75, 3.05) is 0 Å². The van der Waals surface area contributed by atoms with Gasteiger partial charge >= 0.3 is 0 Å². The fourth-order valence-corrected chi connectivity index (χ4v) is 5.34. The Morgan fingerprint density at radius 3 is 2.83 bits per heavy atom. The van der Waals surface area contributed by atoms with E-state index in [2.05, 4.69) is 36.1 Å². The summed E-state index contributed by atoms with van der Waals surface area (Å²) in [5, 5.41) is 5.13. The van der Waals surface area contributed by atoms with Crippen LogP contribution in [0.15, 0.2) is 11.4 Å². The van der Waals surface area contributed by atoms with E-state index < -0.39 is 0 Å². The summed E-state index contributed by atoms with van der Waals surface area (Å²) in [6.07, 6.45) is 6.43. The van der Waals surface area contributed by atoms with Crippen LogP contribution in [0.2, 0.25) is 0 Å². The molecule has 0 unspecified atom stereocenters. The molecule has 4 nitrogen and oxygen atoms in total. The van der Waals surface area contributed by atoms with Gasteiger partial charge in [0, 0.05) is 16.3 Å². The Morgan fingerprint density at radius 2 is 2.08 bits per heavy atom. The molecule has 0 radical (unpaired) electrons. The lowest BCUT2D eigenvalue weighted by atomic mass is 9.86. The highest BCUT2D eigenvalue weighted by Gasteiger charge is 2.26. The van der Waals surface area contributed by atoms with Crippen molar-refractivity contribution in [3.8, 4) is 0 Å².